The topological polar surface area (TPSA) is 95.7 Å². The average Bonchev–Trinajstić information content (AvgIpc) is 3.14. The number of carbonyl (C=O) groups excluding carboxylic acids is 1. The van der Waals surface area contributed by atoms with Gasteiger partial charge in [0.1, 0.15) is 11.4 Å². The molecular formula is C21H22F3N5O2. The van der Waals surface area contributed by atoms with E-state index in [0.29, 0.717) is 12.3 Å². The summed E-state index contributed by atoms with van der Waals surface area (Å²) in [6.45, 7) is 0.577. The number of nitrogens with one attached hydrogen (secondary N) is 2. The van der Waals surface area contributed by atoms with Crippen LogP contribution in [0.4, 0.5) is 13.2 Å². The molecular weight excluding hydrogens is 411 g/mol. The van der Waals surface area contributed by atoms with E-state index in [4.69, 9.17) is 10.5 Å². The quantitative estimate of drug-likeness (QED) is 0.422. The lowest BCUT2D eigenvalue weighted by molar-refractivity contribution is -0.136. The highest BCUT2D eigenvalue weighted by Gasteiger charge is 2.34. The van der Waals surface area contributed by atoms with Gasteiger partial charge < -0.3 is 20.4 Å². The normalized spacial score (nSPS) is 12.4. The second-order valence-corrected chi connectivity index (χ2v) is 7.09. The number of guanidine groups is 1. The number of alkyl halides is 3. The Balaban J connectivity index is 2.10. The summed E-state index contributed by atoms with van der Waals surface area (Å²) < 4.78 is 46.7. The number of amides is 1. The number of carbonyl (C=O) groups is 1. The molecule has 1 aromatic heterocycles. The molecule has 2 aromatic carbocycles. The smallest absolute Gasteiger partial charge is 0.417 e. The minimum Gasteiger partial charge on any atom is -0.455 e. The second kappa shape index (κ2) is 8.68. The number of nitrogens with zero attached hydrogens (tertiary/aromatic N) is 2. The number of aromatic nitrogens is 1. The minimum atomic E-state index is -4.61. The van der Waals surface area contributed by atoms with Gasteiger partial charge in [-0.15, -0.1) is 0 Å². The van der Waals surface area contributed by atoms with Gasteiger partial charge in [-0.05, 0) is 38.4 Å². The number of aliphatic imine (C=N–C) groups is 1. The third-order valence-corrected chi connectivity index (χ3v) is 4.47. The summed E-state index contributed by atoms with van der Waals surface area (Å²) >= 11 is 0. The monoisotopic (exact) mass is 433 g/mol. The second-order valence-electron chi connectivity index (χ2n) is 7.09. The van der Waals surface area contributed by atoms with Gasteiger partial charge in [0.05, 0.1) is 11.1 Å². The number of benzene rings is 2. The average molecular weight is 433 g/mol. The first-order valence-electron chi connectivity index (χ1n) is 9.27. The van der Waals surface area contributed by atoms with Crippen LogP contribution >= 0.6 is 0 Å². The zero-order chi connectivity index (χ0) is 22.8. The first kappa shape index (κ1) is 22.2. The molecule has 4 N–H and O–H groups in total. The molecule has 0 fully saturated rings. The van der Waals surface area contributed by atoms with Crippen molar-refractivity contribution in [1.29, 1.82) is 0 Å². The van der Waals surface area contributed by atoms with Crippen molar-refractivity contribution in [3.63, 3.8) is 0 Å². The summed E-state index contributed by atoms with van der Waals surface area (Å²) in [5.74, 6) is -0.217. The van der Waals surface area contributed by atoms with Gasteiger partial charge in [0.2, 0.25) is 0 Å². The van der Waals surface area contributed by atoms with Gasteiger partial charge in [0.25, 0.3) is 5.91 Å². The third kappa shape index (κ3) is 4.97. The maximum absolute atomic E-state index is 13.6. The van der Waals surface area contributed by atoms with Crippen LogP contribution in [-0.4, -0.2) is 42.9 Å². The number of nitrogens with two attached hydrogens (primary N) is 1. The fourth-order valence-electron chi connectivity index (χ4n) is 3.08. The number of rotatable bonds is 5. The molecule has 10 heteroatoms. The van der Waals surface area contributed by atoms with E-state index in [1.165, 1.54) is 13.1 Å². The van der Waals surface area contributed by atoms with Crippen molar-refractivity contribution < 1.29 is 22.7 Å². The molecule has 0 spiro atoms. The van der Waals surface area contributed by atoms with Crippen LogP contribution in [0.5, 0.6) is 11.5 Å². The van der Waals surface area contributed by atoms with Gasteiger partial charge in [-0.1, -0.05) is 18.2 Å². The van der Waals surface area contributed by atoms with E-state index < -0.39 is 17.6 Å². The van der Waals surface area contributed by atoms with Gasteiger partial charge >= 0.3 is 6.18 Å². The van der Waals surface area contributed by atoms with E-state index in [9.17, 15) is 18.0 Å². The van der Waals surface area contributed by atoms with Crippen molar-refractivity contribution in [3.8, 4) is 11.5 Å². The molecule has 0 saturated heterocycles. The number of H-pyrrole nitrogens is 1. The van der Waals surface area contributed by atoms with Crippen LogP contribution in [0.2, 0.25) is 0 Å². The highest BCUT2D eigenvalue weighted by Crippen LogP contribution is 2.40. The number of aromatic amines is 1. The lowest BCUT2D eigenvalue weighted by Crippen LogP contribution is -2.36. The Morgan fingerprint density at radius 1 is 1.19 bits per heavy atom. The predicted molar refractivity (Wildman–Crippen MR) is 112 cm³/mol. The Labute approximate surface area is 176 Å². The number of para-hydroxylation sites is 1. The molecule has 0 aliphatic heterocycles. The molecule has 164 valence electrons. The van der Waals surface area contributed by atoms with E-state index in [2.05, 4.69) is 15.3 Å². The molecule has 0 radical (unpaired) electrons. The molecule has 1 amide bonds. The fourth-order valence-corrected chi connectivity index (χ4v) is 3.08. The summed E-state index contributed by atoms with van der Waals surface area (Å²) in [5, 5.41) is 2.11. The summed E-state index contributed by atoms with van der Waals surface area (Å²) in [7, 11) is 5.17. The number of hydrogen-bond acceptors (Lipinski definition) is 4. The number of fused-ring (bicyclic) bond motifs is 1. The third-order valence-electron chi connectivity index (χ3n) is 4.47. The molecule has 0 atom stereocenters. The standard InChI is InChI=1S/C21H22F3N5O2/c1-26-20(25)28-19(30)15-10-13-14(21(22,23)24)8-9-17(18(13)27-15)31-16-7-5-4-6-12(16)11-29(2)3/h4-10,27H,11H2,1-3H3,(H3,25,26,28,30). The lowest BCUT2D eigenvalue weighted by Gasteiger charge is -2.16. The Morgan fingerprint density at radius 2 is 1.90 bits per heavy atom. The van der Waals surface area contributed by atoms with Crippen molar-refractivity contribution in [3.05, 3.63) is 59.3 Å². The molecule has 31 heavy (non-hydrogen) atoms. The maximum atomic E-state index is 13.6. The Kier molecular flexibility index (Phi) is 6.21. The molecule has 0 unspecified atom stereocenters. The largest absolute Gasteiger partial charge is 0.455 e. The number of hydrogen-bond donors (Lipinski definition) is 3. The van der Waals surface area contributed by atoms with E-state index in [1.807, 2.05) is 31.1 Å². The van der Waals surface area contributed by atoms with Crippen molar-refractivity contribution >= 4 is 22.8 Å². The number of halogens is 3. The van der Waals surface area contributed by atoms with Crippen LogP contribution in [0.3, 0.4) is 0 Å². The fraction of sp³-hybridized carbons (Fsp3) is 0.238. The summed E-state index contributed by atoms with van der Waals surface area (Å²) in [6, 6.07) is 10.5. The molecule has 0 aliphatic carbocycles. The van der Waals surface area contributed by atoms with E-state index >= 15 is 0 Å². The molecule has 3 rings (SSSR count). The van der Waals surface area contributed by atoms with E-state index in [1.54, 1.807) is 12.1 Å². The molecule has 0 saturated carbocycles. The summed E-state index contributed by atoms with van der Waals surface area (Å²) in [4.78, 5) is 20.6. The van der Waals surface area contributed by atoms with Gasteiger partial charge in [0, 0.05) is 24.5 Å². The van der Waals surface area contributed by atoms with Crippen LogP contribution in [0.1, 0.15) is 21.6 Å². The van der Waals surface area contributed by atoms with E-state index in [0.717, 1.165) is 17.7 Å². The van der Waals surface area contributed by atoms with Crippen molar-refractivity contribution in [2.75, 3.05) is 21.1 Å². The highest BCUT2D eigenvalue weighted by atomic mass is 19.4. The van der Waals surface area contributed by atoms with Crippen LogP contribution in [0, 0.1) is 0 Å². The summed E-state index contributed by atoms with van der Waals surface area (Å²) in [6.07, 6.45) is -4.61. The molecule has 0 bridgehead atoms. The Hall–Kier alpha value is -3.53. The Bertz CT molecular complexity index is 1140. The van der Waals surface area contributed by atoms with Gasteiger partial charge in [-0.25, -0.2) is 0 Å². The van der Waals surface area contributed by atoms with Crippen molar-refractivity contribution in [2.24, 2.45) is 10.7 Å². The zero-order valence-electron chi connectivity index (χ0n) is 17.2. The van der Waals surface area contributed by atoms with Gasteiger partial charge in [-0.3, -0.25) is 15.1 Å². The van der Waals surface area contributed by atoms with Crippen LogP contribution < -0.4 is 15.8 Å². The molecule has 1 heterocycles. The SMILES string of the molecule is CN=C(N)NC(=O)c1cc2c(C(F)(F)F)ccc(Oc3ccccc3CN(C)C)c2[nH]1. The molecule has 7 nitrogen and oxygen atoms in total. The minimum absolute atomic E-state index is 0.0478. The lowest BCUT2D eigenvalue weighted by atomic mass is 10.1. The zero-order valence-corrected chi connectivity index (χ0v) is 17.2. The van der Waals surface area contributed by atoms with Crippen LogP contribution in [-0.2, 0) is 12.7 Å². The maximum Gasteiger partial charge on any atom is 0.417 e. The van der Waals surface area contributed by atoms with Crippen LogP contribution in [0.25, 0.3) is 10.9 Å². The molecule has 0 aliphatic rings. The molecule has 3 aromatic rings. The highest BCUT2D eigenvalue weighted by molar-refractivity contribution is 6.07. The predicted octanol–water partition coefficient (Wildman–Crippen LogP) is 3.71. The summed E-state index contributed by atoms with van der Waals surface area (Å²) in [5.41, 5.74) is 5.40. The first-order valence-corrected chi connectivity index (χ1v) is 9.27. The van der Waals surface area contributed by atoms with Crippen molar-refractivity contribution in [2.45, 2.75) is 12.7 Å². The van der Waals surface area contributed by atoms with Gasteiger partial charge in [-0.2, -0.15) is 13.2 Å². The number of ether oxygens (including phenoxy) is 1. The first-order chi connectivity index (χ1) is 14.6. The van der Waals surface area contributed by atoms with Crippen molar-refractivity contribution in [1.82, 2.24) is 15.2 Å². The van der Waals surface area contributed by atoms with Crippen LogP contribution in [0.15, 0.2) is 47.5 Å². The Morgan fingerprint density at radius 3 is 2.55 bits per heavy atom. The van der Waals surface area contributed by atoms with Gasteiger partial charge in [0.15, 0.2) is 11.7 Å². The van der Waals surface area contributed by atoms with E-state index in [-0.39, 0.29) is 28.3 Å².